The number of nitrogens with one attached hydrogen (secondary N) is 1. The standard InChI is InChI=1S/C12H23NO3/c1-4-16-12(14)11(13-9(2)3)8-15-7-10-5-6-10/h9-11,13H,4-8H2,1-3H3. The molecule has 1 N–H and O–H groups in total. The highest BCUT2D eigenvalue weighted by molar-refractivity contribution is 5.75. The van der Waals surface area contributed by atoms with Crippen LogP contribution in [0.25, 0.3) is 0 Å². The second-order valence-corrected chi connectivity index (χ2v) is 4.61. The molecule has 0 aromatic rings. The van der Waals surface area contributed by atoms with Crippen LogP contribution in [0.2, 0.25) is 0 Å². The lowest BCUT2D eigenvalue weighted by molar-refractivity contribution is -0.147. The van der Waals surface area contributed by atoms with Crippen LogP contribution in [-0.4, -0.2) is 37.9 Å². The Morgan fingerprint density at radius 2 is 2.12 bits per heavy atom. The SMILES string of the molecule is CCOC(=O)C(COCC1CC1)NC(C)C. The van der Waals surface area contributed by atoms with E-state index in [1.807, 2.05) is 20.8 Å². The molecule has 1 rings (SSSR count). The largest absolute Gasteiger partial charge is 0.465 e. The lowest BCUT2D eigenvalue weighted by atomic mass is 10.2. The van der Waals surface area contributed by atoms with Crippen molar-refractivity contribution in [3.05, 3.63) is 0 Å². The number of ether oxygens (including phenoxy) is 2. The molecule has 0 radical (unpaired) electrons. The Hall–Kier alpha value is -0.610. The maximum Gasteiger partial charge on any atom is 0.325 e. The van der Waals surface area contributed by atoms with Gasteiger partial charge < -0.3 is 14.8 Å². The maximum atomic E-state index is 11.6. The summed E-state index contributed by atoms with van der Waals surface area (Å²) in [7, 11) is 0. The van der Waals surface area contributed by atoms with E-state index in [4.69, 9.17) is 9.47 Å². The van der Waals surface area contributed by atoms with Gasteiger partial charge in [0.2, 0.25) is 0 Å². The lowest BCUT2D eigenvalue weighted by Crippen LogP contribution is -2.45. The topological polar surface area (TPSA) is 47.6 Å². The first-order chi connectivity index (χ1) is 7.63. The predicted molar refractivity (Wildman–Crippen MR) is 62.2 cm³/mol. The molecule has 0 aliphatic heterocycles. The van der Waals surface area contributed by atoms with E-state index in [0.717, 1.165) is 12.5 Å². The molecule has 94 valence electrons. The minimum atomic E-state index is -0.335. The Kier molecular flexibility index (Phi) is 5.77. The fourth-order valence-corrected chi connectivity index (χ4v) is 1.47. The van der Waals surface area contributed by atoms with Crippen molar-refractivity contribution in [3.8, 4) is 0 Å². The van der Waals surface area contributed by atoms with Gasteiger partial charge in [-0.2, -0.15) is 0 Å². The summed E-state index contributed by atoms with van der Waals surface area (Å²) in [5.74, 6) is 0.508. The van der Waals surface area contributed by atoms with Gasteiger partial charge in [-0.25, -0.2) is 0 Å². The summed E-state index contributed by atoms with van der Waals surface area (Å²) in [6.07, 6.45) is 2.53. The summed E-state index contributed by atoms with van der Waals surface area (Å²) in [6, 6.07) is -0.0855. The molecule has 16 heavy (non-hydrogen) atoms. The zero-order valence-corrected chi connectivity index (χ0v) is 10.5. The van der Waals surface area contributed by atoms with Gasteiger partial charge in [-0.05, 0) is 25.7 Å². The predicted octanol–water partition coefficient (Wildman–Crippen LogP) is 1.34. The quantitative estimate of drug-likeness (QED) is 0.638. The van der Waals surface area contributed by atoms with Gasteiger partial charge in [-0.15, -0.1) is 0 Å². The normalized spacial score (nSPS) is 17.5. The third-order valence-corrected chi connectivity index (χ3v) is 2.44. The highest BCUT2D eigenvalue weighted by Crippen LogP contribution is 2.28. The van der Waals surface area contributed by atoms with Crippen LogP contribution >= 0.6 is 0 Å². The van der Waals surface area contributed by atoms with E-state index in [1.54, 1.807) is 0 Å². The van der Waals surface area contributed by atoms with Crippen LogP contribution in [0.4, 0.5) is 0 Å². The van der Waals surface area contributed by atoms with Crippen LogP contribution in [0.15, 0.2) is 0 Å². The van der Waals surface area contributed by atoms with Gasteiger partial charge >= 0.3 is 5.97 Å². The van der Waals surface area contributed by atoms with Gasteiger partial charge in [-0.1, -0.05) is 13.8 Å². The summed E-state index contributed by atoms with van der Waals surface area (Å²) < 4.78 is 10.5. The molecule has 4 nitrogen and oxygen atoms in total. The number of hydrogen-bond acceptors (Lipinski definition) is 4. The zero-order valence-electron chi connectivity index (χ0n) is 10.5. The van der Waals surface area contributed by atoms with Crippen molar-refractivity contribution in [2.75, 3.05) is 19.8 Å². The molecule has 4 heteroatoms. The Balaban J connectivity index is 2.26. The Morgan fingerprint density at radius 3 is 2.62 bits per heavy atom. The molecule has 1 aliphatic rings. The smallest absolute Gasteiger partial charge is 0.325 e. The van der Waals surface area contributed by atoms with E-state index < -0.39 is 0 Å². The fraction of sp³-hybridized carbons (Fsp3) is 0.917. The highest BCUT2D eigenvalue weighted by atomic mass is 16.5. The van der Waals surface area contributed by atoms with Crippen molar-refractivity contribution in [1.29, 1.82) is 0 Å². The monoisotopic (exact) mass is 229 g/mol. The minimum Gasteiger partial charge on any atom is -0.465 e. The first-order valence-electron chi connectivity index (χ1n) is 6.14. The fourth-order valence-electron chi connectivity index (χ4n) is 1.47. The van der Waals surface area contributed by atoms with E-state index >= 15 is 0 Å². The summed E-state index contributed by atoms with van der Waals surface area (Å²) in [5, 5.41) is 3.16. The van der Waals surface area contributed by atoms with Gasteiger partial charge in [0.1, 0.15) is 6.04 Å². The summed E-state index contributed by atoms with van der Waals surface area (Å²) in [4.78, 5) is 11.6. The number of rotatable bonds is 8. The summed E-state index contributed by atoms with van der Waals surface area (Å²) in [6.45, 7) is 7.43. The van der Waals surface area contributed by atoms with Gasteiger partial charge in [0.05, 0.1) is 13.2 Å². The number of esters is 1. The minimum absolute atomic E-state index is 0.216. The van der Waals surface area contributed by atoms with E-state index in [0.29, 0.717) is 13.2 Å². The molecule has 1 atom stereocenters. The first kappa shape index (κ1) is 13.5. The number of hydrogen-bond donors (Lipinski definition) is 1. The van der Waals surface area contributed by atoms with Crippen molar-refractivity contribution < 1.29 is 14.3 Å². The average Bonchev–Trinajstić information content (AvgIpc) is 3.00. The van der Waals surface area contributed by atoms with Crippen molar-refractivity contribution in [2.24, 2.45) is 5.92 Å². The van der Waals surface area contributed by atoms with Crippen molar-refractivity contribution in [3.63, 3.8) is 0 Å². The van der Waals surface area contributed by atoms with E-state index in [1.165, 1.54) is 12.8 Å². The molecular formula is C12H23NO3. The molecule has 0 heterocycles. The molecule has 0 bridgehead atoms. The zero-order chi connectivity index (χ0) is 12.0. The van der Waals surface area contributed by atoms with Crippen LogP contribution in [0.3, 0.4) is 0 Å². The average molecular weight is 229 g/mol. The molecule has 1 fully saturated rings. The third kappa shape index (κ3) is 5.47. The van der Waals surface area contributed by atoms with E-state index in [-0.39, 0.29) is 18.1 Å². The lowest BCUT2D eigenvalue weighted by Gasteiger charge is -2.19. The first-order valence-corrected chi connectivity index (χ1v) is 6.14. The molecule has 1 saturated carbocycles. The number of carbonyl (C=O) groups is 1. The van der Waals surface area contributed by atoms with Gasteiger partial charge in [0, 0.05) is 12.6 Å². The molecule has 0 spiro atoms. The summed E-state index contributed by atoms with van der Waals surface area (Å²) in [5.41, 5.74) is 0. The maximum absolute atomic E-state index is 11.6. The second kappa shape index (κ2) is 6.86. The highest BCUT2D eigenvalue weighted by Gasteiger charge is 2.24. The molecule has 1 unspecified atom stereocenters. The summed E-state index contributed by atoms with van der Waals surface area (Å²) >= 11 is 0. The second-order valence-electron chi connectivity index (χ2n) is 4.61. The van der Waals surface area contributed by atoms with Crippen LogP contribution in [-0.2, 0) is 14.3 Å². The Morgan fingerprint density at radius 1 is 1.44 bits per heavy atom. The molecule has 0 saturated heterocycles. The van der Waals surface area contributed by atoms with Gasteiger partial charge in [0.25, 0.3) is 0 Å². The van der Waals surface area contributed by atoms with Crippen molar-refractivity contribution >= 4 is 5.97 Å². The molecule has 0 amide bonds. The van der Waals surface area contributed by atoms with Crippen molar-refractivity contribution in [2.45, 2.75) is 45.7 Å². The van der Waals surface area contributed by atoms with Crippen molar-refractivity contribution in [1.82, 2.24) is 5.32 Å². The Bertz CT molecular complexity index is 214. The van der Waals surface area contributed by atoms with E-state index in [9.17, 15) is 4.79 Å². The number of carbonyl (C=O) groups excluding carboxylic acids is 1. The van der Waals surface area contributed by atoms with Crippen LogP contribution < -0.4 is 5.32 Å². The van der Waals surface area contributed by atoms with Crippen LogP contribution in [0, 0.1) is 5.92 Å². The molecule has 0 aromatic heterocycles. The van der Waals surface area contributed by atoms with E-state index in [2.05, 4.69) is 5.32 Å². The molecule has 1 aliphatic carbocycles. The van der Waals surface area contributed by atoms with Gasteiger partial charge in [0.15, 0.2) is 0 Å². The molecular weight excluding hydrogens is 206 g/mol. The Labute approximate surface area is 97.7 Å². The van der Waals surface area contributed by atoms with Crippen LogP contribution in [0.1, 0.15) is 33.6 Å². The molecule has 0 aromatic carbocycles. The van der Waals surface area contributed by atoms with Crippen LogP contribution in [0.5, 0.6) is 0 Å². The third-order valence-electron chi connectivity index (χ3n) is 2.44. The van der Waals surface area contributed by atoms with Gasteiger partial charge in [-0.3, -0.25) is 4.79 Å².